The van der Waals surface area contributed by atoms with Crippen LogP contribution in [0.5, 0.6) is 0 Å². The fraction of sp³-hybridized carbons (Fsp3) is 0.571. The van der Waals surface area contributed by atoms with Crippen LogP contribution in [0.3, 0.4) is 0 Å². The van der Waals surface area contributed by atoms with Gasteiger partial charge in [0.2, 0.25) is 11.7 Å². The minimum atomic E-state index is -0.00511. The van der Waals surface area contributed by atoms with Crippen molar-refractivity contribution in [2.45, 2.75) is 26.3 Å². The maximum Gasteiger partial charge on any atom is 0.241 e. The average molecular weight is 293 g/mol. The summed E-state index contributed by atoms with van der Waals surface area (Å²) in [5.74, 6) is 1.31. The molecule has 108 valence electrons. The molecule has 20 heavy (non-hydrogen) atoms. The van der Waals surface area contributed by atoms with Gasteiger partial charge in [0.1, 0.15) is 0 Å². The minimum Gasteiger partial charge on any atom is -0.396 e. The molecular formula is C14H19N3O2S. The molecule has 1 N–H and O–H groups in total. The highest BCUT2D eigenvalue weighted by molar-refractivity contribution is 7.13. The summed E-state index contributed by atoms with van der Waals surface area (Å²) in [6.45, 7) is 4.91. The van der Waals surface area contributed by atoms with Crippen molar-refractivity contribution in [2.24, 2.45) is 5.41 Å². The Kier molecular flexibility index (Phi) is 3.87. The van der Waals surface area contributed by atoms with Gasteiger partial charge in [-0.05, 0) is 30.8 Å². The number of nitrogens with zero attached hydrogens (tertiary/aromatic N) is 3. The van der Waals surface area contributed by atoms with E-state index >= 15 is 0 Å². The van der Waals surface area contributed by atoms with Crippen molar-refractivity contribution in [3.63, 3.8) is 0 Å². The van der Waals surface area contributed by atoms with Crippen molar-refractivity contribution in [1.82, 2.24) is 15.0 Å². The highest BCUT2D eigenvalue weighted by Crippen LogP contribution is 2.29. The third kappa shape index (κ3) is 2.92. The third-order valence-electron chi connectivity index (χ3n) is 3.81. The van der Waals surface area contributed by atoms with Crippen LogP contribution < -0.4 is 0 Å². The first-order valence-corrected chi connectivity index (χ1v) is 7.76. The van der Waals surface area contributed by atoms with E-state index in [0.29, 0.717) is 18.3 Å². The van der Waals surface area contributed by atoms with Gasteiger partial charge in [-0.25, -0.2) is 0 Å². The van der Waals surface area contributed by atoms with Gasteiger partial charge in [0.15, 0.2) is 0 Å². The monoisotopic (exact) mass is 293 g/mol. The second-order valence-corrected chi connectivity index (χ2v) is 6.72. The van der Waals surface area contributed by atoms with Crippen LogP contribution in [-0.4, -0.2) is 39.8 Å². The van der Waals surface area contributed by atoms with Gasteiger partial charge >= 0.3 is 0 Å². The molecule has 0 spiro atoms. The second-order valence-electron chi connectivity index (χ2n) is 5.77. The van der Waals surface area contributed by atoms with Gasteiger partial charge in [-0.1, -0.05) is 18.1 Å². The fourth-order valence-corrected chi connectivity index (χ4v) is 3.36. The van der Waals surface area contributed by atoms with Crippen LogP contribution in [0.4, 0.5) is 0 Å². The smallest absolute Gasteiger partial charge is 0.241 e. The van der Waals surface area contributed by atoms with E-state index in [2.05, 4.69) is 22.0 Å². The van der Waals surface area contributed by atoms with Crippen LogP contribution in [0.1, 0.15) is 25.7 Å². The van der Waals surface area contributed by atoms with Crippen molar-refractivity contribution in [3.05, 3.63) is 23.4 Å². The molecular weight excluding hydrogens is 274 g/mol. The zero-order chi connectivity index (χ0) is 14.0. The van der Waals surface area contributed by atoms with Crippen LogP contribution in [0.25, 0.3) is 10.7 Å². The molecule has 0 radical (unpaired) electrons. The number of aliphatic hydroxyl groups is 1. The summed E-state index contributed by atoms with van der Waals surface area (Å²) in [7, 11) is 0. The first kappa shape index (κ1) is 13.7. The van der Waals surface area contributed by atoms with Gasteiger partial charge in [0.25, 0.3) is 0 Å². The van der Waals surface area contributed by atoms with E-state index in [0.717, 1.165) is 30.8 Å². The summed E-state index contributed by atoms with van der Waals surface area (Å²) < 4.78 is 5.33. The predicted molar refractivity (Wildman–Crippen MR) is 77.3 cm³/mol. The molecule has 2 aromatic heterocycles. The first-order chi connectivity index (χ1) is 9.68. The van der Waals surface area contributed by atoms with E-state index in [4.69, 9.17) is 4.52 Å². The van der Waals surface area contributed by atoms with Gasteiger partial charge in [-0.15, -0.1) is 11.3 Å². The number of hydrogen-bond acceptors (Lipinski definition) is 6. The molecule has 0 bridgehead atoms. The molecule has 3 rings (SSSR count). The number of aliphatic hydroxyl groups excluding tert-OH is 1. The Morgan fingerprint density at radius 1 is 1.55 bits per heavy atom. The normalized spacial score (nSPS) is 24.1. The van der Waals surface area contributed by atoms with Gasteiger partial charge < -0.3 is 9.63 Å². The molecule has 0 aromatic carbocycles. The molecule has 0 saturated carbocycles. The quantitative estimate of drug-likeness (QED) is 0.938. The van der Waals surface area contributed by atoms with Crippen LogP contribution in [0, 0.1) is 5.41 Å². The van der Waals surface area contributed by atoms with Crippen LogP contribution in [0.15, 0.2) is 22.0 Å². The number of aromatic nitrogens is 2. The summed E-state index contributed by atoms with van der Waals surface area (Å²) in [6.07, 6.45) is 2.17. The van der Waals surface area contributed by atoms with Crippen LogP contribution in [0.2, 0.25) is 0 Å². The molecule has 1 aliphatic rings. The van der Waals surface area contributed by atoms with Crippen molar-refractivity contribution in [1.29, 1.82) is 0 Å². The average Bonchev–Trinajstić information content (AvgIpc) is 3.09. The molecule has 5 nitrogen and oxygen atoms in total. The molecule has 6 heteroatoms. The maximum atomic E-state index is 9.49. The van der Waals surface area contributed by atoms with Crippen LogP contribution >= 0.6 is 11.3 Å². The Morgan fingerprint density at radius 2 is 2.45 bits per heavy atom. The second kappa shape index (κ2) is 5.63. The highest BCUT2D eigenvalue weighted by Gasteiger charge is 2.31. The van der Waals surface area contributed by atoms with Crippen molar-refractivity contribution >= 4 is 11.3 Å². The van der Waals surface area contributed by atoms with E-state index in [9.17, 15) is 5.11 Å². The molecule has 3 heterocycles. The Bertz CT molecular complexity index is 555. The van der Waals surface area contributed by atoms with Gasteiger partial charge in [-0.3, -0.25) is 4.90 Å². The Labute approximate surface area is 122 Å². The molecule has 1 fully saturated rings. The lowest BCUT2D eigenvalue weighted by Gasteiger charge is -2.38. The van der Waals surface area contributed by atoms with Crippen molar-refractivity contribution in [3.8, 4) is 10.7 Å². The van der Waals surface area contributed by atoms with Crippen molar-refractivity contribution in [2.75, 3.05) is 19.7 Å². The summed E-state index contributed by atoms with van der Waals surface area (Å²) in [6, 6.07) is 3.97. The number of likely N-dealkylation sites (tertiary alicyclic amines) is 1. The Balaban J connectivity index is 1.66. The summed E-state index contributed by atoms with van der Waals surface area (Å²) in [4.78, 5) is 7.76. The molecule has 1 aliphatic heterocycles. The van der Waals surface area contributed by atoms with Gasteiger partial charge in [-0.2, -0.15) is 4.98 Å². The SMILES string of the molecule is CC1(CO)CCCN(Cc2nc(-c3cccs3)no2)C1. The molecule has 1 unspecified atom stereocenters. The molecule has 0 aliphatic carbocycles. The zero-order valence-electron chi connectivity index (χ0n) is 11.6. The molecule has 0 amide bonds. The van der Waals surface area contributed by atoms with Crippen molar-refractivity contribution < 1.29 is 9.63 Å². The molecule has 1 atom stereocenters. The number of hydrogen-bond donors (Lipinski definition) is 1. The lowest BCUT2D eigenvalue weighted by molar-refractivity contribution is 0.0382. The molecule has 2 aromatic rings. The third-order valence-corrected chi connectivity index (χ3v) is 4.68. The largest absolute Gasteiger partial charge is 0.396 e. The standard InChI is InChI=1S/C14H19N3O2S/c1-14(10-18)5-3-6-17(9-14)8-12-15-13(16-19-12)11-4-2-7-20-11/h2,4,7,18H,3,5-6,8-10H2,1H3. The van der Waals surface area contributed by atoms with Gasteiger partial charge in [0.05, 0.1) is 11.4 Å². The Morgan fingerprint density at radius 3 is 3.20 bits per heavy atom. The molecule has 1 saturated heterocycles. The van der Waals surface area contributed by atoms with E-state index in [-0.39, 0.29) is 12.0 Å². The Hall–Kier alpha value is -1.24. The van der Waals surface area contributed by atoms with Crippen LogP contribution in [-0.2, 0) is 6.54 Å². The number of piperidine rings is 1. The topological polar surface area (TPSA) is 62.4 Å². The van der Waals surface area contributed by atoms with E-state index in [1.54, 1.807) is 11.3 Å². The van der Waals surface area contributed by atoms with E-state index < -0.39 is 0 Å². The van der Waals surface area contributed by atoms with Gasteiger partial charge in [0, 0.05) is 18.6 Å². The lowest BCUT2D eigenvalue weighted by Crippen LogP contribution is -2.43. The number of rotatable bonds is 4. The summed E-state index contributed by atoms with van der Waals surface area (Å²) in [5, 5.41) is 15.5. The lowest BCUT2D eigenvalue weighted by atomic mass is 9.83. The summed E-state index contributed by atoms with van der Waals surface area (Å²) in [5.41, 5.74) is -0.00511. The van der Waals surface area contributed by atoms with E-state index in [1.807, 2.05) is 17.5 Å². The minimum absolute atomic E-state index is 0.00511. The number of thiophene rings is 1. The van der Waals surface area contributed by atoms with E-state index in [1.165, 1.54) is 0 Å². The fourth-order valence-electron chi connectivity index (χ4n) is 2.71. The predicted octanol–water partition coefficient (Wildman–Crippen LogP) is 2.39. The summed E-state index contributed by atoms with van der Waals surface area (Å²) >= 11 is 1.61. The highest BCUT2D eigenvalue weighted by atomic mass is 32.1. The maximum absolute atomic E-state index is 9.49. The first-order valence-electron chi connectivity index (χ1n) is 6.88. The zero-order valence-corrected chi connectivity index (χ0v) is 12.4.